The predicted octanol–water partition coefficient (Wildman–Crippen LogP) is 1.41. The molecule has 6 aliphatic rings. The summed E-state index contributed by atoms with van der Waals surface area (Å²) in [5, 5.41) is 0.579. The van der Waals surface area contributed by atoms with Crippen LogP contribution in [-0.2, 0) is 44.5 Å². The summed E-state index contributed by atoms with van der Waals surface area (Å²) in [4.78, 5) is 66.8. The second-order valence-corrected chi connectivity index (χ2v) is 10.9. The van der Waals surface area contributed by atoms with E-state index in [0.717, 1.165) is 17.5 Å². The molecule has 3 fully saturated rings. The van der Waals surface area contributed by atoms with Gasteiger partial charge in [-0.1, -0.05) is 12.1 Å². The van der Waals surface area contributed by atoms with E-state index in [4.69, 9.17) is 19.0 Å². The number of hydrogen-bond acceptors (Lipinski definition) is 10. The molecule has 0 N–H and O–H groups in total. The monoisotopic (exact) mass is 522 g/mol. The Morgan fingerprint density at radius 2 is 1.84 bits per heavy atom. The van der Waals surface area contributed by atoms with E-state index >= 15 is 0 Å². The number of imide groups is 1. The molecule has 0 aromatic heterocycles. The van der Waals surface area contributed by atoms with Gasteiger partial charge in [-0.2, -0.15) is 0 Å². The minimum absolute atomic E-state index is 0.0599. The van der Waals surface area contributed by atoms with Crippen LogP contribution in [-0.4, -0.2) is 64.5 Å². The highest BCUT2D eigenvalue weighted by Gasteiger charge is 2.85. The molecule has 1 saturated carbocycles. The second kappa shape index (κ2) is 7.66. The molecular formula is C27H26N2O9. The number of carbonyl (C=O) groups is 5. The van der Waals surface area contributed by atoms with Crippen LogP contribution < -0.4 is 9.47 Å². The Balaban J connectivity index is 1.15. The maximum atomic E-state index is 12.3. The molecule has 2 bridgehead atoms. The molecule has 38 heavy (non-hydrogen) atoms. The van der Waals surface area contributed by atoms with Crippen LogP contribution in [0.15, 0.2) is 24.3 Å². The van der Waals surface area contributed by atoms with Gasteiger partial charge in [0.15, 0.2) is 17.6 Å². The van der Waals surface area contributed by atoms with Gasteiger partial charge in [-0.15, -0.1) is 5.06 Å². The third-order valence-corrected chi connectivity index (χ3v) is 8.91. The Labute approximate surface area is 217 Å². The maximum Gasteiger partial charge on any atom is 0.333 e. The van der Waals surface area contributed by atoms with E-state index in [-0.39, 0.29) is 36.8 Å². The van der Waals surface area contributed by atoms with E-state index in [1.807, 2.05) is 12.1 Å². The van der Waals surface area contributed by atoms with Crippen LogP contribution in [0.5, 0.6) is 11.5 Å². The smallest absolute Gasteiger partial charge is 0.333 e. The molecule has 1 aromatic rings. The third-order valence-electron chi connectivity index (χ3n) is 8.91. The molecule has 3 aliphatic carbocycles. The minimum atomic E-state index is -0.607. The lowest BCUT2D eigenvalue weighted by molar-refractivity contribution is -0.197. The Bertz CT molecular complexity index is 1350. The lowest BCUT2D eigenvalue weighted by Gasteiger charge is -2.41. The van der Waals surface area contributed by atoms with Gasteiger partial charge >= 0.3 is 17.9 Å². The van der Waals surface area contributed by atoms with Crippen molar-refractivity contribution < 1.29 is 43.0 Å². The van der Waals surface area contributed by atoms with Crippen LogP contribution in [0.3, 0.4) is 0 Å². The highest BCUT2D eigenvalue weighted by Crippen LogP contribution is 2.80. The van der Waals surface area contributed by atoms with Gasteiger partial charge < -0.3 is 19.0 Å². The van der Waals surface area contributed by atoms with Crippen LogP contribution >= 0.6 is 0 Å². The molecule has 0 radical (unpaired) electrons. The van der Waals surface area contributed by atoms with Crippen LogP contribution in [0.2, 0.25) is 0 Å². The number of nitrogens with zero attached hydrogens (tertiary/aromatic N) is 2. The standard InChI is InChI=1S/C27H26N2O9/c1-13(30)35-17-7-5-15-22-23(17)37-25-18(36-14(2)31)8-6-16-24-27(15,12-26(16,22)25)28(24)11-3-4-21(34)38-29-19(32)9-10-20(29)33/h5-8,16,18,24-25H,3-4,9-12H2,1-2H3/t16?,18-,24?,25-,26-,27?,28?/m0/s1. The summed E-state index contributed by atoms with van der Waals surface area (Å²) in [6.45, 7) is 3.34. The van der Waals surface area contributed by atoms with Gasteiger partial charge in [-0.25, -0.2) is 4.79 Å². The average Bonchev–Trinajstić information content (AvgIpc) is 3.17. The highest BCUT2D eigenvalue weighted by molar-refractivity contribution is 6.01. The largest absolute Gasteiger partial charge is 0.481 e. The van der Waals surface area contributed by atoms with E-state index in [1.54, 1.807) is 6.07 Å². The van der Waals surface area contributed by atoms with Crippen LogP contribution in [0.1, 0.15) is 57.1 Å². The molecule has 4 unspecified atom stereocenters. The van der Waals surface area contributed by atoms with Gasteiger partial charge in [0.2, 0.25) is 0 Å². The molecular weight excluding hydrogens is 496 g/mol. The molecule has 7 rings (SSSR count). The number of hydroxylamine groups is 2. The fraction of sp³-hybridized carbons (Fsp3) is 0.519. The summed E-state index contributed by atoms with van der Waals surface area (Å²) in [6.07, 6.45) is 4.50. The van der Waals surface area contributed by atoms with Gasteiger partial charge in [-0.05, 0) is 30.5 Å². The molecule has 1 aromatic carbocycles. The van der Waals surface area contributed by atoms with Gasteiger partial charge in [0, 0.05) is 57.2 Å². The summed E-state index contributed by atoms with van der Waals surface area (Å²) in [7, 11) is 0. The topological polar surface area (TPSA) is 129 Å². The van der Waals surface area contributed by atoms with Crippen molar-refractivity contribution in [1.82, 2.24) is 9.96 Å². The van der Waals surface area contributed by atoms with Crippen molar-refractivity contribution in [3.05, 3.63) is 35.4 Å². The molecule has 3 heterocycles. The van der Waals surface area contributed by atoms with Crippen molar-refractivity contribution >= 4 is 29.7 Å². The van der Waals surface area contributed by atoms with Crippen molar-refractivity contribution in [2.24, 2.45) is 5.92 Å². The van der Waals surface area contributed by atoms with E-state index in [2.05, 4.69) is 11.0 Å². The zero-order valence-electron chi connectivity index (χ0n) is 20.9. The lowest BCUT2D eigenvalue weighted by Crippen LogP contribution is -2.53. The van der Waals surface area contributed by atoms with Gasteiger partial charge in [0.25, 0.3) is 11.8 Å². The summed E-state index contributed by atoms with van der Waals surface area (Å²) < 4.78 is 17.6. The minimum Gasteiger partial charge on any atom is -0.481 e. The van der Waals surface area contributed by atoms with Crippen molar-refractivity contribution in [3.8, 4) is 11.5 Å². The van der Waals surface area contributed by atoms with Crippen molar-refractivity contribution in [2.75, 3.05) is 6.54 Å². The molecule has 2 spiro atoms. The first kappa shape index (κ1) is 23.4. The molecule has 7 atom stereocenters. The normalized spacial score (nSPS) is 36.1. The number of fused-ring (bicyclic) bond motifs is 1. The summed E-state index contributed by atoms with van der Waals surface area (Å²) in [5.74, 6) is -1.42. The Morgan fingerprint density at radius 3 is 2.55 bits per heavy atom. The van der Waals surface area contributed by atoms with E-state index in [0.29, 0.717) is 29.5 Å². The first-order valence-corrected chi connectivity index (χ1v) is 12.9. The molecule has 2 amide bonds. The Morgan fingerprint density at radius 1 is 1.08 bits per heavy atom. The summed E-state index contributed by atoms with van der Waals surface area (Å²) in [6, 6.07) is 3.95. The lowest BCUT2D eigenvalue weighted by atomic mass is 9.64. The number of rotatable bonds is 7. The first-order chi connectivity index (χ1) is 18.2. The Hall–Kier alpha value is -3.73. The number of amides is 2. The average molecular weight is 523 g/mol. The van der Waals surface area contributed by atoms with E-state index < -0.39 is 47.3 Å². The van der Waals surface area contributed by atoms with E-state index in [1.165, 1.54) is 13.8 Å². The fourth-order valence-corrected chi connectivity index (χ4v) is 7.82. The number of ether oxygens (including phenoxy) is 3. The number of likely N-dealkylation sites (tertiary alicyclic amines) is 1. The number of hydrogen-bond donors (Lipinski definition) is 0. The molecule has 11 heteroatoms. The van der Waals surface area contributed by atoms with Crippen LogP contribution in [0, 0.1) is 5.92 Å². The van der Waals surface area contributed by atoms with Crippen molar-refractivity contribution in [1.29, 1.82) is 0 Å². The summed E-state index contributed by atoms with van der Waals surface area (Å²) in [5.41, 5.74) is 1.51. The van der Waals surface area contributed by atoms with Crippen molar-refractivity contribution in [2.45, 2.75) is 75.2 Å². The fourth-order valence-electron chi connectivity index (χ4n) is 7.82. The van der Waals surface area contributed by atoms with Gasteiger partial charge in [0.05, 0.1) is 11.0 Å². The molecule has 3 aliphatic heterocycles. The van der Waals surface area contributed by atoms with Crippen LogP contribution in [0.4, 0.5) is 0 Å². The van der Waals surface area contributed by atoms with E-state index in [9.17, 15) is 24.0 Å². The Kier molecular flexibility index (Phi) is 4.71. The first-order valence-electron chi connectivity index (χ1n) is 12.9. The number of esters is 2. The number of piperidine rings is 1. The molecule has 11 nitrogen and oxygen atoms in total. The van der Waals surface area contributed by atoms with Crippen molar-refractivity contribution in [3.63, 3.8) is 0 Å². The van der Waals surface area contributed by atoms with Gasteiger partial charge in [0.1, 0.15) is 6.10 Å². The predicted molar refractivity (Wildman–Crippen MR) is 125 cm³/mol. The SMILES string of the molecule is CC(=O)Oc1ccc2c3c1O[C@H]1[C@@H](OC(C)=O)C=CC4C5N(CCCC(=O)ON6C(=O)CCC6=O)C25C[C@@]341. The molecule has 198 valence electrons. The van der Waals surface area contributed by atoms with Crippen LogP contribution in [0.25, 0.3) is 0 Å². The quantitative estimate of drug-likeness (QED) is 0.170. The highest BCUT2D eigenvalue weighted by atomic mass is 16.7. The summed E-state index contributed by atoms with van der Waals surface area (Å²) >= 11 is 0. The second-order valence-electron chi connectivity index (χ2n) is 10.9. The number of benzene rings is 1. The zero-order valence-corrected chi connectivity index (χ0v) is 20.9. The maximum absolute atomic E-state index is 12.3. The zero-order chi connectivity index (χ0) is 26.6. The number of carbonyl (C=O) groups excluding carboxylic acids is 5. The van der Waals surface area contributed by atoms with Gasteiger partial charge in [-0.3, -0.25) is 24.1 Å². The third kappa shape index (κ3) is 2.85. The molecule has 2 saturated heterocycles.